The molecule has 234 valence electrons. The van der Waals surface area contributed by atoms with Gasteiger partial charge in [-0.15, -0.1) is 15.3 Å². The van der Waals surface area contributed by atoms with E-state index in [0.29, 0.717) is 22.1 Å². The van der Waals surface area contributed by atoms with Crippen molar-refractivity contribution in [3.63, 3.8) is 0 Å². The number of azo groups is 3. The first-order valence-corrected chi connectivity index (χ1v) is 17.1. The molecule has 45 heavy (non-hydrogen) atoms. The maximum absolute atomic E-state index is 6.48. The van der Waals surface area contributed by atoms with Gasteiger partial charge >= 0.3 is 0 Å². The third kappa shape index (κ3) is 10.6. The second kappa shape index (κ2) is 17.5. The van der Waals surface area contributed by atoms with Crippen LogP contribution in [0.25, 0.3) is 0 Å². The Balaban J connectivity index is 1.08. The fourth-order valence-corrected chi connectivity index (χ4v) is 5.99. The minimum atomic E-state index is 0.458. The molecule has 0 aliphatic carbocycles. The Morgan fingerprint density at radius 2 is 1.24 bits per heavy atom. The zero-order valence-electron chi connectivity index (χ0n) is 25.8. The topological polar surface area (TPSA) is 86.6 Å². The van der Waals surface area contributed by atoms with Gasteiger partial charge in [-0.25, -0.2) is 0 Å². The Morgan fingerprint density at radius 1 is 0.644 bits per heavy atom. The predicted octanol–water partition coefficient (Wildman–Crippen LogP) is 13.4. The highest BCUT2D eigenvalue weighted by Gasteiger charge is 2.13. The molecule has 0 unspecified atom stereocenters. The smallest absolute Gasteiger partial charge is 0.140 e. The number of rotatable bonds is 15. The van der Waals surface area contributed by atoms with E-state index in [9.17, 15) is 0 Å². The van der Waals surface area contributed by atoms with Gasteiger partial charge < -0.3 is 9.64 Å². The van der Waals surface area contributed by atoms with E-state index in [2.05, 4.69) is 48.6 Å². The zero-order chi connectivity index (χ0) is 31.1. The van der Waals surface area contributed by atoms with Crippen molar-refractivity contribution >= 4 is 61.4 Å². The molecule has 0 atom stereocenters. The molecule has 2 heterocycles. The number of halogens is 1. The molecule has 8 nitrogen and oxygen atoms in total. The summed E-state index contributed by atoms with van der Waals surface area (Å²) >= 11 is 8.14. The molecule has 0 radical (unpaired) electrons. The van der Waals surface area contributed by atoms with Gasteiger partial charge in [0.2, 0.25) is 0 Å². The Morgan fingerprint density at radius 3 is 1.93 bits per heavy atom. The predicted molar refractivity (Wildman–Crippen MR) is 186 cm³/mol. The molecule has 1 fully saturated rings. The van der Waals surface area contributed by atoms with Crippen LogP contribution < -0.4 is 9.64 Å². The summed E-state index contributed by atoms with van der Waals surface area (Å²) in [5, 5.41) is 28.7. The largest absolute Gasteiger partial charge is 0.494 e. The molecule has 1 aliphatic heterocycles. The maximum Gasteiger partial charge on any atom is 0.140 e. The second-order valence-electron chi connectivity index (χ2n) is 11.0. The van der Waals surface area contributed by atoms with E-state index in [1.807, 2.05) is 60.7 Å². The SMILES string of the molecule is CCCCCCCCOc1ccc(N=Nc2ccc(N=Nc3ccc(N=Nc4ccc(N5CCCCC5)s4)cc3Cl)cc2)cc1. The van der Waals surface area contributed by atoms with Gasteiger partial charge in [-0.05, 0) is 105 Å². The molecule has 0 spiro atoms. The van der Waals surface area contributed by atoms with E-state index in [0.717, 1.165) is 48.2 Å². The number of anilines is 1. The molecule has 1 saturated heterocycles. The van der Waals surface area contributed by atoms with Gasteiger partial charge in [-0.2, -0.15) is 15.3 Å². The van der Waals surface area contributed by atoms with Gasteiger partial charge in [0.1, 0.15) is 16.4 Å². The summed E-state index contributed by atoms with van der Waals surface area (Å²) in [6.45, 7) is 5.21. The standard InChI is InChI=1S/C35H40ClN7OS/c1-2-3-4-5-6-10-25-44-31-18-15-29(16-19-31)38-37-27-11-13-28(14-12-27)39-41-33-20-17-30(26-32(33)36)40-42-34-21-22-35(45-34)43-23-8-7-9-24-43/h11-22,26H,2-10,23-25H2,1H3. The van der Waals surface area contributed by atoms with Crippen molar-refractivity contribution in [2.75, 3.05) is 24.6 Å². The molecule has 0 bridgehead atoms. The third-order valence-corrected chi connectivity index (χ3v) is 8.78. The number of hydrogen-bond acceptors (Lipinski definition) is 9. The fourth-order valence-electron chi connectivity index (χ4n) is 4.90. The van der Waals surface area contributed by atoms with Crippen molar-refractivity contribution in [2.24, 2.45) is 30.7 Å². The van der Waals surface area contributed by atoms with Gasteiger partial charge in [-0.1, -0.05) is 62.0 Å². The first kappa shape index (κ1) is 32.4. The lowest BCUT2D eigenvalue weighted by Crippen LogP contribution is -2.28. The molecule has 4 aromatic rings. The van der Waals surface area contributed by atoms with Crippen molar-refractivity contribution < 1.29 is 4.74 Å². The fraction of sp³-hybridized carbons (Fsp3) is 0.371. The van der Waals surface area contributed by atoms with Crippen LogP contribution in [-0.4, -0.2) is 19.7 Å². The lowest BCUT2D eigenvalue weighted by Gasteiger charge is -2.26. The number of unbranched alkanes of at least 4 members (excludes halogenated alkanes) is 5. The van der Waals surface area contributed by atoms with Crippen molar-refractivity contribution in [1.82, 2.24) is 0 Å². The van der Waals surface area contributed by atoms with Crippen LogP contribution in [0, 0.1) is 0 Å². The lowest BCUT2D eigenvalue weighted by molar-refractivity contribution is 0.304. The number of nitrogens with zero attached hydrogens (tertiary/aromatic N) is 7. The van der Waals surface area contributed by atoms with Crippen molar-refractivity contribution in [3.05, 3.63) is 83.9 Å². The van der Waals surface area contributed by atoms with E-state index in [-0.39, 0.29) is 0 Å². The monoisotopic (exact) mass is 641 g/mol. The normalized spacial score (nSPS) is 13.9. The van der Waals surface area contributed by atoms with Crippen LogP contribution in [0.15, 0.2) is 110 Å². The molecular formula is C35H40ClN7OS. The van der Waals surface area contributed by atoms with E-state index in [1.54, 1.807) is 23.5 Å². The second-order valence-corrected chi connectivity index (χ2v) is 12.5. The zero-order valence-corrected chi connectivity index (χ0v) is 27.4. The molecule has 10 heteroatoms. The van der Waals surface area contributed by atoms with Crippen LogP contribution in [0.4, 0.5) is 38.4 Å². The quantitative estimate of drug-likeness (QED) is 0.0954. The van der Waals surface area contributed by atoms with E-state index < -0.39 is 0 Å². The highest BCUT2D eigenvalue weighted by atomic mass is 35.5. The number of piperidine rings is 1. The first-order valence-electron chi connectivity index (χ1n) is 15.9. The van der Waals surface area contributed by atoms with E-state index in [1.165, 1.54) is 56.4 Å². The number of hydrogen-bond donors (Lipinski definition) is 0. The van der Waals surface area contributed by atoms with Crippen molar-refractivity contribution in [2.45, 2.75) is 64.7 Å². The summed E-state index contributed by atoms with van der Waals surface area (Å²) in [4.78, 5) is 2.43. The lowest BCUT2D eigenvalue weighted by atomic mass is 10.1. The first-order chi connectivity index (χ1) is 22.2. The summed E-state index contributed by atoms with van der Waals surface area (Å²) in [6, 6.07) is 24.6. The van der Waals surface area contributed by atoms with Crippen LogP contribution in [0.1, 0.15) is 64.7 Å². The molecule has 1 aromatic heterocycles. The van der Waals surface area contributed by atoms with Crippen LogP contribution in [0.2, 0.25) is 5.02 Å². The average Bonchev–Trinajstić information content (AvgIpc) is 3.56. The Bertz CT molecular complexity index is 1560. The average molecular weight is 642 g/mol. The summed E-state index contributed by atoms with van der Waals surface area (Å²) in [5.74, 6) is 0.858. The number of thiophene rings is 1. The minimum absolute atomic E-state index is 0.458. The minimum Gasteiger partial charge on any atom is -0.494 e. The summed E-state index contributed by atoms with van der Waals surface area (Å²) in [5.41, 5.74) is 3.39. The van der Waals surface area contributed by atoms with Crippen LogP contribution >= 0.6 is 22.9 Å². The molecule has 0 N–H and O–H groups in total. The van der Waals surface area contributed by atoms with Gasteiger partial charge in [0, 0.05) is 13.1 Å². The van der Waals surface area contributed by atoms with Crippen LogP contribution in [0.3, 0.4) is 0 Å². The molecule has 0 amide bonds. The van der Waals surface area contributed by atoms with Gasteiger partial charge in [0.25, 0.3) is 0 Å². The number of ether oxygens (including phenoxy) is 1. The molecule has 3 aromatic carbocycles. The molecular weight excluding hydrogens is 602 g/mol. The van der Waals surface area contributed by atoms with E-state index in [4.69, 9.17) is 16.3 Å². The van der Waals surface area contributed by atoms with Gasteiger partial charge in [0.05, 0.1) is 39.4 Å². The van der Waals surface area contributed by atoms with Crippen molar-refractivity contribution in [1.29, 1.82) is 0 Å². The number of benzene rings is 3. The maximum atomic E-state index is 6.48. The summed E-state index contributed by atoms with van der Waals surface area (Å²) < 4.78 is 5.85. The summed E-state index contributed by atoms with van der Waals surface area (Å²) in [6.07, 6.45) is 11.3. The summed E-state index contributed by atoms with van der Waals surface area (Å²) in [7, 11) is 0. The molecule has 0 saturated carbocycles. The molecule has 1 aliphatic rings. The van der Waals surface area contributed by atoms with Gasteiger partial charge in [-0.3, -0.25) is 0 Å². The highest BCUT2D eigenvalue weighted by molar-refractivity contribution is 7.19. The van der Waals surface area contributed by atoms with Crippen LogP contribution in [0.5, 0.6) is 5.75 Å². The van der Waals surface area contributed by atoms with Crippen LogP contribution in [-0.2, 0) is 0 Å². The highest BCUT2D eigenvalue weighted by Crippen LogP contribution is 2.36. The van der Waals surface area contributed by atoms with Crippen molar-refractivity contribution in [3.8, 4) is 5.75 Å². The molecule has 5 rings (SSSR count). The third-order valence-electron chi connectivity index (χ3n) is 7.45. The Labute approximate surface area is 274 Å². The van der Waals surface area contributed by atoms with Gasteiger partial charge in [0.15, 0.2) is 0 Å². The Hall–Kier alpha value is -3.95. The van der Waals surface area contributed by atoms with E-state index >= 15 is 0 Å². The Kier molecular flexibility index (Phi) is 12.6.